The summed E-state index contributed by atoms with van der Waals surface area (Å²) in [6.07, 6.45) is 3.77. The third kappa shape index (κ3) is 3.53. The molecule has 0 bridgehead atoms. The number of ether oxygens (including phenoxy) is 1. The number of pyridine rings is 3. The number of nitrogens with zero attached hydrogens (tertiary/aromatic N) is 6. The molecule has 0 saturated heterocycles. The van der Waals surface area contributed by atoms with Crippen LogP contribution >= 0.6 is 0 Å². The zero-order valence-electron chi connectivity index (χ0n) is 27.0. The molecule has 0 unspecified atom stereocenters. The van der Waals surface area contributed by atoms with Gasteiger partial charge in [-0.25, -0.2) is 9.97 Å². The Hall–Kier alpha value is -6.08. The average Bonchev–Trinajstić information content (AvgIpc) is 3.68. The zero-order valence-corrected chi connectivity index (χ0v) is 27.0. The van der Waals surface area contributed by atoms with E-state index in [1.165, 1.54) is 22.0 Å². The van der Waals surface area contributed by atoms with Gasteiger partial charge in [0.05, 0.1) is 16.6 Å². The van der Waals surface area contributed by atoms with E-state index in [1.807, 2.05) is 30.6 Å². The summed E-state index contributed by atoms with van der Waals surface area (Å²) in [6, 6.07) is 33.8. The van der Waals surface area contributed by atoms with Crippen molar-refractivity contribution in [2.45, 2.75) is 33.1 Å². The number of hydrogen-bond donors (Lipinski definition) is 0. The second kappa shape index (κ2) is 9.48. The summed E-state index contributed by atoms with van der Waals surface area (Å²) >= 11 is 0. The number of benzene rings is 4. The van der Waals surface area contributed by atoms with E-state index in [4.69, 9.17) is 24.9 Å². The first-order valence-corrected chi connectivity index (χ1v) is 16.2. The first-order chi connectivity index (χ1) is 23.4. The fourth-order valence-electron chi connectivity index (χ4n) is 7.97. The van der Waals surface area contributed by atoms with E-state index in [1.54, 1.807) is 0 Å². The van der Waals surface area contributed by atoms with E-state index in [9.17, 15) is 0 Å². The van der Waals surface area contributed by atoms with E-state index in [-0.39, 0.29) is 5.41 Å². The minimum Gasteiger partial charge on any atom is -0.439 e. The van der Waals surface area contributed by atoms with Gasteiger partial charge in [0.2, 0.25) is 5.88 Å². The maximum absolute atomic E-state index is 6.56. The van der Waals surface area contributed by atoms with Crippen molar-refractivity contribution in [3.05, 3.63) is 132 Å². The molecule has 7 heteroatoms. The zero-order chi connectivity index (χ0) is 32.3. The second-order valence-electron chi connectivity index (χ2n) is 13.4. The highest BCUT2D eigenvalue weighted by atomic mass is 16.5. The minimum atomic E-state index is -0.170. The van der Waals surface area contributed by atoms with Crippen LogP contribution in [-0.4, -0.2) is 29.1 Å². The van der Waals surface area contributed by atoms with Crippen LogP contribution < -0.4 is 4.74 Å². The normalized spacial score (nSPS) is 13.6. The average molecular weight is 623 g/mol. The van der Waals surface area contributed by atoms with Crippen LogP contribution in [0.5, 0.6) is 11.6 Å². The molecular formula is C41H30N6O. The van der Waals surface area contributed by atoms with Gasteiger partial charge in [-0.15, -0.1) is 10.2 Å². The van der Waals surface area contributed by atoms with Crippen LogP contribution in [0.1, 0.15) is 36.1 Å². The molecule has 9 aromatic rings. The summed E-state index contributed by atoms with van der Waals surface area (Å²) in [4.78, 5) is 9.69. The highest BCUT2D eigenvalue weighted by Gasteiger charge is 2.35. The molecule has 0 atom stereocenters. The number of rotatable bonds is 3. The minimum absolute atomic E-state index is 0.170. The van der Waals surface area contributed by atoms with Crippen molar-refractivity contribution in [3.8, 4) is 28.8 Å². The fraction of sp³-hybridized carbons (Fsp3) is 0.122. The maximum Gasteiger partial charge on any atom is 0.219 e. The third-order valence-electron chi connectivity index (χ3n) is 10.3. The topological polar surface area (TPSA) is 70.1 Å². The molecule has 6 heterocycles. The molecule has 10 rings (SSSR count). The third-order valence-corrected chi connectivity index (χ3v) is 10.3. The molecule has 0 radical (unpaired) electrons. The molecule has 4 aromatic carbocycles. The molecule has 0 fully saturated rings. The van der Waals surface area contributed by atoms with Gasteiger partial charge in [-0.1, -0.05) is 74.5 Å². The molecule has 7 nitrogen and oxygen atoms in total. The quantitative estimate of drug-likeness (QED) is 0.184. The SMILES string of the molecule is Cc1cccc(C)c1-c1nnc2c3cc(Oc4ccc5c6cccc7c6n(c5c4)-c4ncccc4C7(C)C)ncc3c3ccccc3n12. The van der Waals surface area contributed by atoms with Crippen LogP contribution in [0.25, 0.3) is 66.3 Å². The fourth-order valence-corrected chi connectivity index (χ4v) is 7.97. The maximum atomic E-state index is 6.56. The standard InChI is InChI=1S/C41H30N6O/c1-23-10-7-11-24(2)36(23)40-45-44-38-29-21-35(43-22-30(29)26-12-5-6-16-33(26)47(38)40)48-25-17-18-27-28-13-8-14-31-37(28)46(34(27)20-25)39-32(41(31,3)4)15-9-19-42-39/h5-22H,1-4H3. The molecule has 1 aliphatic heterocycles. The first kappa shape index (κ1) is 27.1. The molecule has 0 aliphatic carbocycles. The monoisotopic (exact) mass is 622 g/mol. The van der Waals surface area contributed by atoms with E-state index in [2.05, 4.69) is 116 Å². The van der Waals surface area contributed by atoms with E-state index in [0.29, 0.717) is 11.6 Å². The van der Waals surface area contributed by atoms with Gasteiger partial charge < -0.3 is 4.74 Å². The van der Waals surface area contributed by atoms with Crippen LogP contribution in [-0.2, 0) is 5.41 Å². The Morgan fingerprint density at radius 3 is 2.29 bits per heavy atom. The van der Waals surface area contributed by atoms with Crippen LogP contribution in [0.3, 0.4) is 0 Å². The van der Waals surface area contributed by atoms with E-state index < -0.39 is 0 Å². The summed E-state index contributed by atoms with van der Waals surface area (Å²) in [5, 5.41) is 14.9. The van der Waals surface area contributed by atoms with E-state index >= 15 is 0 Å². The summed E-state index contributed by atoms with van der Waals surface area (Å²) in [5.41, 5.74) is 9.80. The smallest absolute Gasteiger partial charge is 0.219 e. The molecule has 48 heavy (non-hydrogen) atoms. The van der Waals surface area contributed by atoms with Crippen molar-refractivity contribution >= 4 is 49.1 Å². The van der Waals surface area contributed by atoms with Gasteiger partial charge in [0.25, 0.3) is 0 Å². The molecule has 5 aromatic heterocycles. The molecule has 1 aliphatic rings. The predicted molar refractivity (Wildman–Crippen MR) is 191 cm³/mol. The Balaban J connectivity index is 1.16. The summed E-state index contributed by atoms with van der Waals surface area (Å²) < 4.78 is 11.0. The van der Waals surface area contributed by atoms with Crippen LogP contribution in [0, 0.1) is 13.8 Å². The van der Waals surface area contributed by atoms with Crippen LogP contribution in [0.4, 0.5) is 0 Å². The Bertz CT molecular complexity index is 2800. The van der Waals surface area contributed by atoms with Crippen molar-refractivity contribution in [2.24, 2.45) is 0 Å². The molecule has 0 amide bonds. The van der Waals surface area contributed by atoms with Crippen LogP contribution in [0.15, 0.2) is 109 Å². The molecule has 0 spiro atoms. The molecule has 0 saturated carbocycles. The lowest BCUT2D eigenvalue weighted by Crippen LogP contribution is -2.26. The van der Waals surface area contributed by atoms with Gasteiger partial charge in [0.15, 0.2) is 11.5 Å². The van der Waals surface area contributed by atoms with Crippen molar-refractivity contribution in [3.63, 3.8) is 0 Å². The highest BCUT2D eigenvalue weighted by molar-refractivity contribution is 6.13. The molecule has 0 N–H and O–H groups in total. The number of aromatic nitrogens is 6. The Morgan fingerprint density at radius 1 is 0.646 bits per heavy atom. The van der Waals surface area contributed by atoms with Crippen molar-refractivity contribution in [1.82, 2.24) is 29.1 Å². The number of hydrogen-bond acceptors (Lipinski definition) is 5. The van der Waals surface area contributed by atoms with Crippen LogP contribution in [0.2, 0.25) is 0 Å². The number of aryl methyl sites for hydroxylation is 2. The summed E-state index contributed by atoms with van der Waals surface area (Å²) in [7, 11) is 0. The lowest BCUT2D eigenvalue weighted by atomic mass is 9.76. The van der Waals surface area contributed by atoms with E-state index in [0.717, 1.165) is 66.6 Å². The van der Waals surface area contributed by atoms with Crippen molar-refractivity contribution in [1.29, 1.82) is 0 Å². The molecule has 230 valence electrons. The molecular weight excluding hydrogens is 592 g/mol. The highest BCUT2D eigenvalue weighted by Crippen LogP contribution is 2.47. The van der Waals surface area contributed by atoms with Crippen molar-refractivity contribution in [2.75, 3.05) is 0 Å². The summed E-state index contributed by atoms with van der Waals surface area (Å²) in [5.74, 6) is 2.98. The van der Waals surface area contributed by atoms with Crippen molar-refractivity contribution < 1.29 is 4.74 Å². The lowest BCUT2D eigenvalue weighted by Gasteiger charge is -2.33. The predicted octanol–water partition coefficient (Wildman–Crippen LogP) is 9.64. The number of fused-ring (bicyclic) bond motifs is 11. The summed E-state index contributed by atoms with van der Waals surface area (Å²) in [6.45, 7) is 8.81. The van der Waals surface area contributed by atoms with Gasteiger partial charge >= 0.3 is 0 Å². The van der Waals surface area contributed by atoms with Gasteiger partial charge in [-0.05, 0) is 54.8 Å². The Morgan fingerprint density at radius 2 is 1.42 bits per heavy atom. The Kier molecular flexibility index (Phi) is 5.35. The Labute approximate surface area is 276 Å². The first-order valence-electron chi connectivity index (χ1n) is 16.2. The van der Waals surface area contributed by atoms with Gasteiger partial charge in [-0.2, -0.15) is 0 Å². The second-order valence-corrected chi connectivity index (χ2v) is 13.4. The van der Waals surface area contributed by atoms with Gasteiger partial charge in [0, 0.05) is 68.0 Å². The largest absolute Gasteiger partial charge is 0.439 e. The van der Waals surface area contributed by atoms with Gasteiger partial charge in [0.1, 0.15) is 11.6 Å². The van der Waals surface area contributed by atoms with Gasteiger partial charge in [-0.3, -0.25) is 8.97 Å². The lowest BCUT2D eigenvalue weighted by molar-refractivity contribution is 0.464. The number of para-hydroxylation sites is 2.